The van der Waals surface area contributed by atoms with E-state index in [4.69, 9.17) is 5.73 Å². The number of aromatic amines is 1. The van der Waals surface area contributed by atoms with Crippen molar-refractivity contribution >= 4 is 5.82 Å². The molecule has 84 valence electrons. The first kappa shape index (κ1) is 10.4. The number of alkyl halides is 2. The fourth-order valence-electron chi connectivity index (χ4n) is 1.36. The Morgan fingerprint density at radius 3 is 2.69 bits per heavy atom. The van der Waals surface area contributed by atoms with Crippen molar-refractivity contribution in [3.63, 3.8) is 0 Å². The molecule has 16 heavy (non-hydrogen) atoms. The van der Waals surface area contributed by atoms with Gasteiger partial charge in [0.15, 0.2) is 0 Å². The molecule has 0 aliphatic heterocycles. The first-order valence-electron chi connectivity index (χ1n) is 4.52. The Hall–Kier alpha value is -2.11. The van der Waals surface area contributed by atoms with Crippen molar-refractivity contribution < 1.29 is 13.5 Å². The number of para-hydroxylation sites is 1. The highest BCUT2D eigenvalue weighted by atomic mass is 19.3. The van der Waals surface area contributed by atoms with Gasteiger partial charge in [0, 0.05) is 11.6 Å². The summed E-state index contributed by atoms with van der Waals surface area (Å²) in [4.78, 5) is 0. The van der Waals surface area contributed by atoms with Gasteiger partial charge in [-0.1, -0.05) is 12.1 Å². The molecule has 4 nitrogen and oxygen atoms in total. The molecule has 0 atom stereocenters. The number of nitrogens with one attached hydrogen (secondary N) is 1. The maximum Gasteiger partial charge on any atom is 0.387 e. The standard InChI is InChI=1S/C10H9F2N3O/c11-10(12)16-8-4-2-1-3-6(8)7-5-9(13)15-14-7/h1-5,10H,(H3,13,14,15). The summed E-state index contributed by atoms with van der Waals surface area (Å²) < 4.78 is 28.7. The second kappa shape index (κ2) is 4.18. The topological polar surface area (TPSA) is 63.9 Å². The van der Waals surface area contributed by atoms with Crippen LogP contribution in [-0.4, -0.2) is 16.8 Å². The maximum atomic E-state index is 12.1. The zero-order chi connectivity index (χ0) is 11.5. The van der Waals surface area contributed by atoms with Crippen molar-refractivity contribution in [1.29, 1.82) is 0 Å². The van der Waals surface area contributed by atoms with Crippen LogP contribution in [0.15, 0.2) is 30.3 Å². The molecule has 3 N–H and O–H groups in total. The SMILES string of the molecule is Nc1cc(-c2ccccc2OC(F)F)[nH]n1. The Kier molecular flexibility index (Phi) is 2.72. The number of benzene rings is 1. The summed E-state index contributed by atoms with van der Waals surface area (Å²) in [5.41, 5.74) is 6.46. The minimum Gasteiger partial charge on any atom is -0.434 e. The Labute approximate surface area is 90.0 Å². The van der Waals surface area contributed by atoms with Gasteiger partial charge in [0.25, 0.3) is 0 Å². The van der Waals surface area contributed by atoms with Gasteiger partial charge in [0.2, 0.25) is 0 Å². The summed E-state index contributed by atoms with van der Waals surface area (Å²) in [6.45, 7) is -2.86. The molecular weight excluding hydrogens is 216 g/mol. The first-order valence-corrected chi connectivity index (χ1v) is 4.52. The lowest BCUT2D eigenvalue weighted by molar-refractivity contribution is -0.0494. The number of nitrogen functional groups attached to an aromatic ring is 1. The van der Waals surface area contributed by atoms with Crippen LogP contribution in [-0.2, 0) is 0 Å². The Bertz CT molecular complexity index is 484. The fraction of sp³-hybridized carbons (Fsp3) is 0.100. The van der Waals surface area contributed by atoms with Gasteiger partial charge in [0.05, 0.1) is 5.69 Å². The molecule has 0 bridgehead atoms. The number of hydrogen-bond acceptors (Lipinski definition) is 3. The molecule has 0 amide bonds. The van der Waals surface area contributed by atoms with Crippen LogP contribution in [0.1, 0.15) is 0 Å². The number of halogens is 2. The predicted octanol–water partition coefficient (Wildman–Crippen LogP) is 2.26. The van der Waals surface area contributed by atoms with Crippen LogP contribution >= 0.6 is 0 Å². The van der Waals surface area contributed by atoms with Crippen molar-refractivity contribution in [2.45, 2.75) is 6.61 Å². The normalized spacial score (nSPS) is 10.7. The first-order chi connectivity index (χ1) is 7.66. The molecule has 2 rings (SSSR count). The average Bonchev–Trinajstić information content (AvgIpc) is 2.65. The molecule has 0 saturated carbocycles. The number of H-pyrrole nitrogens is 1. The van der Waals surface area contributed by atoms with Crippen LogP contribution in [0.25, 0.3) is 11.3 Å². The van der Waals surface area contributed by atoms with Crippen LogP contribution in [0.4, 0.5) is 14.6 Å². The van der Waals surface area contributed by atoms with E-state index in [1.165, 1.54) is 6.07 Å². The highest BCUT2D eigenvalue weighted by Gasteiger charge is 2.11. The van der Waals surface area contributed by atoms with Crippen molar-refractivity contribution in [2.24, 2.45) is 0 Å². The van der Waals surface area contributed by atoms with Gasteiger partial charge in [-0.25, -0.2) is 0 Å². The van der Waals surface area contributed by atoms with Crippen LogP contribution < -0.4 is 10.5 Å². The largest absolute Gasteiger partial charge is 0.434 e. The molecule has 0 saturated heterocycles. The molecule has 0 spiro atoms. The average molecular weight is 225 g/mol. The fourth-order valence-corrected chi connectivity index (χ4v) is 1.36. The van der Waals surface area contributed by atoms with E-state index >= 15 is 0 Å². The number of nitrogens with zero attached hydrogens (tertiary/aromatic N) is 1. The van der Waals surface area contributed by atoms with E-state index in [-0.39, 0.29) is 5.75 Å². The number of nitrogens with two attached hydrogens (primary N) is 1. The monoisotopic (exact) mass is 225 g/mol. The molecule has 1 heterocycles. The van der Waals surface area contributed by atoms with Gasteiger partial charge in [-0.05, 0) is 12.1 Å². The van der Waals surface area contributed by atoms with Crippen LogP contribution in [0.5, 0.6) is 5.75 Å². The molecule has 1 aromatic carbocycles. The highest BCUT2D eigenvalue weighted by molar-refractivity contribution is 5.68. The summed E-state index contributed by atoms with van der Waals surface area (Å²) in [5, 5.41) is 6.36. The van der Waals surface area contributed by atoms with Gasteiger partial charge in [0.1, 0.15) is 11.6 Å². The molecule has 6 heteroatoms. The van der Waals surface area contributed by atoms with E-state index in [1.807, 2.05) is 0 Å². The predicted molar refractivity (Wildman–Crippen MR) is 55.1 cm³/mol. The summed E-state index contributed by atoms with van der Waals surface area (Å²) in [7, 11) is 0. The van der Waals surface area contributed by atoms with Crippen LogP contribution in [0.2, 0.25) is 0 Å². The van der Waals surface area contributed by atoms with Crippen molar-refractivity contribution in [1.82, 2.24) is 10.2 Å². The Morgan fingerprint density at radius 2 is 2.06 bits per heavy atom. The summed E-state index contributed by atoms with van der Waals surface area (Å²) in [5.74, 6) is 0.378. The molecule has 0 aliphatic carbocycles. The highest BCUT2D eigenvalue weighted by Crippen LogP contribution is 2.30. The van der Waals surface area contributed by atoms with E-state index in [1.54, 1.807) is 24.3 Å². The minimum absolute atomic E-state index is 0.0844. The van der Waals surface area contributed by atoms with Crippen LogP contribution in [0.3, 0.4) is 0 Å². The van der Waals surface area contributed by atoms with E-state index < -0.39 is 6.61 Å². The number of rotatable bonds is 3. The summed E-state index contributed by atoms with van der Waals surface area (Å²) in [6, 6.07) is 7.97. The van der Waals surface area contributed by atoms with Crippen molar-refractivity contribution in [2.75, 3.05) is 5.73 Å². The minimum atomic E-state index is -2.86. The zero-order valence-corrected chi connectivity index (χ0v) is 8.15. The van der Waals surface area contributed by atoms with Gasteiger partial charge >= 0.3 is 6.61 Å². The van der Waals surface area contributed by atoms with Gasteiger partial charge in [-0.15, -0.1) is 0 Å². The lowest BCUT2D eigenvalue weighted by Gasteiger charge is -2.08. The smallest absolute Gasteiger partial charge is 0.387 e. The molecule has 0 aliphatic rings. The summed E-state index contributed by atoms with van der Waals surface area (Å²) >= 11 is 0. The van der Waals surface area contributed by atoms with Crippen LogP contribution in [0, 0.1) is 0 Å². The van der Waals surface area contributed by atoms with Gasteiger partial charge < -0.3 is 10.5 Å². The Morgan fingerprint density at radius 1 is 1.31 bits per heavy atom. The van der Waals surface area contributed by atoms with Crippen molar-refractivity contribution in [3.8, 4) is 17.0 Å². The molecule has 0 radical (unpaired) electrons. The molecule has 2 aromatic rings. The van der Waals surface area contributed by atoms with Gasteiger partial charge in [-0.3, -0.25) is 5.10 Å². The van der Waals surface area contributed by atoms with Crippen molar-refractivity contribution in [3.05, 3.63) is 30.3 Å². The lowest BCUT2D eigenvalue weighted by atomic mass is 10.1. The summed E-state index contributed by atoms with van der Waals surface area (Å²) in [6.07, 6.45) is 0. The molecule has 0 unspecified atom stereocenters. The third-order valence-corrected chi connectivity index (χ3v) is 1.99. The second-order valence-corrected chi connectivity index (χ2v) is 3.08. The second-order valence-electron chi connectivity index (χ2n) is 3.08. The van der Waals surface area contributed by atoms with E-state index in [0.29, 0.717) is 17.1 Å². The molecular formula is C10H9F2N3O. The van der Waals surface area contributed by atoms with E-state index in [0.717, 1.165) is 0 Å². The lowest BCUT2D eigenvalue weighted by Crippen LogP contribution is -2.03. The quantitative estimate of drug-likeness (QED) is 0.842. The third-order valence-electron chi connectivity index (χ3n) is 1.99. The molecule has 0 fully saturated rings. The molecule has 1 aromatic heterocycles. The Balaban J connectivity index is 2.40. The van der Waals surface area contributed by atoms with Gasteiger partial charge in [-0.2, -0.15) is 13.9 Å². The number of ether oxygens (including phenoxy) is 1. The maximum absolute atomic E-state index is 12.1. The third kappa shape index (κ3) is 2.10. The van der Waals surface area contributed by atoms with E-state index in [2.05, 4.69) is 14.9 Å². The number of hydrogen-bond donors (Lipinski definition) is 2. The van der Waals surface area contributed by atoms with E-state index in [9.17, 15) is 8.78 Å². The number of aromatic nitrogens is 2. The number of anilines is 1. The zero-order valence-electron chi connectivity index (χ0n) is 8.15.